The first-order valence-corrected chi connectivity index (χ1v) is 44.4. The smallest absolute Gasteiger partial charge is 0.462 e. The predicted molar refractivity (Wildman–Crippen MR) is 436 cm³/mol. The van der Waals surface area contributed by atoms with Crippen LogP contribution in [0.1, 0.15) is 336 Å². The van der Waals surface area contributed by atoms with Crippen LogP contribution in [0.15, 0.2) is 134 Å². The van der Waals surface area contributed by atoms with Gasteiger partial charge in [-0.2, -0.15) is 0 Å². The van der Waals surface area contributed by atoms with Gasteiger partial charge in [-0.05, 0) is 154 Å². The fourth-order valence-corrected chi connectivity index (χ4v) is 12.3. The predicted octanol–water partition coefficient (Wildman–Crippen LogP) is 24.4. The van der Waals surface area contributed by atoms with Gasteiger partial charge in [0.05, 0.1) is 26.4 Å². The average molecular weight is 1530 g/mol. The van der Waals surface area contributed by atoms with Crippen LogP contribution >= 0.6 is 15.6 Å². The van der Waals surface area contributed by atoms with E-state index < -0.39 is 97.5 Å². The molecule has 0 fully saturated rings. The van der Waals surface area contributed by atoms with Crippen molar-refractivity contribution in [2.24, 2.45) is 0 Å². The molecule has 608 valence electrons. The first kappa shape index (κ1) is 101. The minimum Gasteiger partial charge on any atom is -0.462 e. The molecule has 0 aliphatic heterocycles. The molecule has 0 amide bonds. The van der Waals surface area contributed by atoms with Crippen molar-refractivity contribution in [3.05, 3.63) is 134 Å². The Bertz CT molecular complexity index is 2530. The van der Waals surface area contributed by atoms with Crippen LogP contribution in [0.25, 0.3) is 0 Å². The van der Waals surface area contributed by atoms with E-state index in [4.69, 9.17) is 37.0 Å². The van der Waals surface area contributed by atoms with Gasteiger partial charge < -0.3 is 33.8 Å². The van der Waals surface area contributed by atoms with Gasteiger partial charge in [-0.1, -0.05) is 290 Å². The number of phosphoric ester groups is 2. The molecule has 0 aromatic carbocycles. The third kappa shape index (κ3) is 77.4. The van der Waals surface area contributed by atoms with Gasteiger partial charge in [0.1, 0.15) is 19.3 Å². The summed E-state index contributed by atoms with van der Waals surface area (Å²) in [5.41, 5.74) is 0. The number of hydrogen-bond acceptors (Lipinski definition) is 15. The number of hydrogen-bond donors (Lipinski definition) is 3. The van der Waals surface area contributed by atoms with E-state index in [0.29, 0.717) is 38.5 Å². The van der Waals surface area contributed by atoms with Gasteiger partial charge >= 0.3 is 39.5 Å². The Balaban J connectivity index is 5.49. The van der Waals surface area contributed by atoms with E-state index >= 15 is 0 Å². The largest absolute Gasteiger partial charge is 0.472 e. The molecule has 0 rings (SSSR count). The number of ether oxygens (including phenoxy) is 4. The van der Waals surface area contributed by atoms with Gasteiger partial charge in [0.15, 0.2) is 12.2 Å². The number of rotatable bonds is 77. The van der Waals surface area contributed by atoms with Crippen LogP contribution in [0.5, 0.6) is 0 Å². The van der Waals surface area contributed by atoms with Crippen molar-refractivity contribution < 1.29 is 80.2 Å². The molecule has 0 saturated carbocycles. The van der Waals surface area contributed by atoms with Gasteiger partial charge in [-0.3, -0.25) is 37.3 Å². The van der Waals surface area contributed by atoms with Crippen LogP contribution in [0.4, 0.5) is 0 Å². The topological polar surface area (TPSA) is 237 Å². The summed E-state index contributed by atoms with van der Waals surface area (Å²) in [5, 5.41) is 10.7. The van der Waals surface area contributed by atoms with Crippen molar-refractivity contribution >= 4 is 39.5 Å². The van der Waals surface area contributed by atoms with Gasteiger partial charge in [0.2, 0.25) is 0 Å². The number of aliphatic hydroxyl groups is 1. The summed E-state index contributed by atoms with van der Waals surface area (Å²) in [6, 6.07) is 0. The molecule has 0 radical (unpaired) electrons. The van der Waals surface area contributed by atoms with E-state index in [0.717, 1.165) is 128 Å². The molecule has 106 heavy (non-hydrogen) atoms. The maximum Gasteiger partial charge on any atom is 0.472 e. The zero-order chi connectivity index (χ0) is 77.4. The van der Waals surface area contributed by atoms with E-state index in [9.17, 15) is 43.2 Å². The fourth-order valence-electron chi connectivity index (χ4n) is 10.7. The number of carbonyl (C=O) groups excluding carboxylic acids is 4. The highest BCUT2D eigenvalue weighted by Gasteiger charge is 2.30. The normalized spacial score (nSPS) is 14.5. The van der Waals surface area contributed by atoms with E-state index in [1.54, 1.807) is 0 Å². The summed E-state index contributed by atoms with van der Waals surface area (Å²) in [6.07, 6.45) is 88.7. The fraction of sp³-hybridized carbons (Fsp3) is 0.701. The second-order valence-corrected chi connectivity index (χ2v) is 30.3. The van der Waals surface area contributed by atoms with Crippen molar-refractivity contribution in [1.29, 1.82) is 0 Å². The minimum absolute atomic E-state index is 0.000469. The van der Waals surface area contributed by atoms with E-state index in [1.165, 1.54) is 116 Å². The van der Waals surface area contributed by atoms with Crippen LogP contribution in [0.3, 0.4) is 0 Å². The number of esters is 4. The maximum atomic E-state index is 13.1. The highest BCUT2D eigenvalue weighted by molar-refractivity contribution is 7.47. The minimum atomic E-state index is -5.01. The lowest BCUT2D eigenvalue weighted by atomic mass is 10.1. The van der Waals surface area contributed by atoms with Crippen molar-refractivity contribution in [3.63, 3.8) is 0 Å². The van der Waals surface area contributed by atoms with Crippen LogP contribution in [0, 0.1) is 0 Å². The molecule has 0 saturated heterocycles. The second-order valence-electron chi connectivity index (χ2n) is 27.3. The summed E-state index contributed by atoms with van der Waals surface area (Å²) < 4.78 is 68.5. The molecule has 0 aliphatic carbocycles. The van der Waals surface area contributed by atoms with E-state index in [1.807, 2.05) is 30.4 Å². The number of phosphoric acid groups is 2. The lowest BCUT2D eigenvalue weighted by Crippen LogP contribution is -2.30. The lowest BCUT2D eigenvalue weighted by molar-refractivity contribution is -0.161. The van der Waals surface area contributed by atoms with Crippen molar-refractivity contribution in [3.8, 4) is 0 Å². The van der Waals surface area contributed by atoms with Gasteiger partial charge in [0, 0.05) is 25.7 Å². The van der Waals surface area contributed by atoms with Gasteiger partial charge in [-0.25, -0.2) is 9.13 Å². The number of aliphatic hydroxyl groups excluding tert-OH is 1. The van der Waals surface area contributed by atoms with E-state index in [-0.39, 0.29) is 25.7 Å². The zero-order valence-corrected chi connectivity index (χ0v) is 68.4. The molecule has 2 unspecified atom stereocenters. The number of carbonyl (C=O) groups is 4. The van der Waals surface area contributed by atoms with Crippen molar-refractivity contribution in [2.75, 3.05) is 39.6 Å². The summed E-state index contributed by atoms with van der Waals surface area (Å²) in [4.78, 5) is 73.1. The molecule has 0 spiro atoms. The maximum absolute atomic E-state index is 13.1. The molecule has 19 heteroatoms. The molecule has 0 aromatic heterocycles. The molecule has 5 atom stereocenters. The molecule has 17 nitrogen and oxygen atoms in total. The number of allylic oxidation sites excluding steroid dienone is 22. The Morgan fingerprint density at radius 2 is 0.491 bits per heavy atom. The molecular formula is C87H148O17P2. The molecule has 0 aliphatic rings. The van der Waals surface area contributed by atoms with Gasteiger partial charge in [0.25, 0.3) is 0 Å². The van der Waals surface area contributed by atoms with Crippen molar-refractivity contribution in [2.45, 2.75) is 354 Å². The second kappa shape index (κ2) is 78.3. The number of unbranched alkanes of at least 4 members (excludes halogenated alkanes) is 29. The Labute approximate surface area is 644 Å². The highest BCUT2D eigenvalue weighted by Crippen LogP contribution is 2.45. The van der Waals surface area contributed by atoms with Crippen molar-refractivity contribution in [1.82, 2.24) is 0 Å². The molecule has 0 bridgehead atoms. The lowest BCUT2D eigenvalue weighted by Gasteiger charge is -2.21. The van der Waals surface area contributed by atoms with Crippen LogP contribution < -0.4 is 0 Å². The Morgan fingerprint density at radius 1 is 0.264 bits per heavy atom. The van der Waals surface area contributed by atoms with Crippen LogP contribution in [-0.2, 0) is 65.4 Å². The zero-order valence-electron chi connectivity index (χ0n) is 66.6. The van der Waals surface area contributed by atoms with Gasteiger partial charge in [-0.15, -0.1) is 0 Å². The molecule has 0 aromatic rings. The van der Waals surface area contributed by atoms with Crippen LogP contribution in [-0.4, -0.2) is 96.7 Å². The third-order valence-corrected chi connectivity index (χ3v) is 19.0. The highest BCUT2D eigenvalue weighted by atomic mass is 31.2. The van der Waals surface area contributed by atoms with E-state index in [2.05, 4.69) is 131 Å². The Kier molecular flexibility index (Phi) is 74.8. The first-order valence-electron chi connectivity index (χ1n) is 41.4. The summed E-state index contributed by atoms with van der Waals surface area (Å²) in [5.74, 6) is -2.35. The quantitative estimate of drug-likeness (QED) is 0.0169. The summed E-state index contributed by atoms with van der Waals surface area (Å²) in [7, 11) is -10.0. The summed E-state index contributed by atoms with van der Waals surface area (Å²) in [6.45, 7) is 4.66. The molecule has 0 heterocycles. The standard InChI is InChI=1S/C87H148O17P2/c1-5-9-13-17-21-25-29-33-37-39-40-42-45-48-52-56-60-64-68-72-85(90)98-78-83(104-87(92)74-70-66-62-58-54-50-46-41-38-34-30-26-22-18-14-10-6-2)80-102-106(95,96)100-76-81(88)75-99-105(93,94)101-79-82(103-86(91)73-69-65-61-57-53-49-44-36-32-28-24-20-16-12-8-4)77-97-84(89)71-67-63-59-55-51-47-43-35-31-27-23-19-15-11-7-3/h21-22,25-27,31,33-34,36-38,40,42,44,46,48,50,52,58,60,62,64,81-83,88H,5-20,23-24,28-30,32,35,39,41,43,45,47,49,51,53-57,59,61,63,65-80H2,1-4H3,(H,93,94)(H,95,96)/b25-21-,26-22-,31-27-,37-33-,38-34-,42-40-,44-36-,50-46-,52-48-,62-58-,64-60-/t81-,82+,83+/m0/s1. The third-order valence-electron chi connectivity index (χ3n) is 17.1. The first-order chi connectivity index (χ1) is 51.7. The molecule has 3 N–H and O–H groups in total. The average Bonchev–Trinajstić information content (AvgIpc) is 0.902. The molecular weight excluding hydrogens is 1380 g/mol. The Hall–Kier alpha value is -4.80. The summed E-state index contributed by atoms with van der Waals surface area (Å²) >= 11 is 0. The SMILES string of the molecule is CCCCC/C=C\C/C=C\C/C=C\C/C=C\C/C=C\CCC(=O)OC[C@H](COP(=O)(O)OC[C@@H](O)COP(=O)(O)OC[C@@H](COC(=O)CCCCCCCCC/C=C\CCCCCC)OC(=O)CCCCCCC/C=C\CCCCCCCC)OC(=O)CCC/C=C\C/C=C\C/C=C\C/C=C\CCCCC. The van der Waals surface area contributed by atoms with Crippen LogP contribution in [0.2, 0.25) is 0 Å². The monoisotopic (exact) mass is 1530 g/mol. The Morgan fingerprint density at radius 3 is 0.840 bits per heavy atom.